The van der Waals surface area contributed by atoms with Crippen molar-refractivity contribution >= 4 is 23.1 Å². The molecule has 2 aromatic rings. The summed E-state index contributed by atoms with van der Waals surface area (Å²) >= 11 is 1.26. The van der Waals surface area contributed by atoms with Crippen molar-refractivity contribution in [1.29, 1.82) is 0 Å². The van der Waals surface area contributed by atoms with E-state index >= 15 is 0 Å². The minimum Gasteiger partial charge on any atom is -0.365 e. The van der Waals surface area contributed by atoms with Gasteiger partial charge in [0.25, 0.3) is 5.91 Å². The molecule has 0 unspecified atom stereocenters. The fourth-order valence-electron chi connectivity index (χ4n) is 1.74. The third kappa shape index (κ3) is 2.26. The van der Waals surface area contributed by atoms with Crippen molar-refractivity contribution in [3.05, 3.63) is 54.0 Å². The average Bonchev–Trinajstić information content (AvgIpc) is 2.94. The molecule has 0 saturated carbocycles. The fourth-order valence-corrected chi connectivity index (χ4v) is 2.66. The van der Waals surface area contributed by atoms with Crippen molar-refractivity contribution in [2.24, 2.45) is 5.73 Å². The number of thiazole rings is 1. The van der Waals surface area contributed by atoms with Crippen LogP contribution in [0.3, 0.4) is 0 Å². The highest BCUT2D eigenvalue weighted by atomic mass is 32.1. The molecule has 3 N–H and O–H groups in total. The first-order valence-electron chi connectivity index (χ1n) is 5.85. The molecule has 1 amide bonds. The van der Waals surface area contributed by atoms with Crippen molar-refractivity contribution in [2.45, 2.75) is 0 Å². The van der Waals surface area contributed by atoms with Gasteiger partial charge in [-0.15, -0.1) is 11.3 Å². The van der Waals surface area contributed by atoms with Crippen LogP contribution in [0.25, 0.3) is 10.6 Å². The van der Waals surface area contributed by atoms with Crippen molar-refractivity contribution in [3.8, 4) is 10.6 Å². The van der Waals surface area contributed by atoms with Crippen LogP contribution in [-0.4, -0.2) is 15.9 Å². The highest BCUT2D eigenvalue weighted by Gasteiger charge is 2.21. The lowest BCUT2D eigenvalue weighted by Gasteiger charge is -2.20. The number of rotatable bonds is 3. The number of hydrogen-bond donors (Lipinski definition) is 2. The van der Waals surface area contributed by atoms with Crippen LogP contribution in [0, 0.1) is 0 Å². The van der Waals surface area contributed by atoms with Crippen molar-refractivity contribution in [1.82, 2.24) is 15.4 Å². The Morgan fingerprint density at radius 3 is 2.75 bits per heavy atom. The van der Waals surface area contributed by atoms with E-state index in [9.17, 15) is 4.79 Å². The lowest BCUT2D eigenvalue weighted by atomic mass is 10.3. The molecule has 2 aromatic heterocycles. The SMILES string of the molecule is NC(=O)c1sc(-c2ccncc2)nc1N1C=CC=CN1. The summed E-state index contributed by atoms with van der Waals surface area (Å²) in [6.45, 7) is 0. The summed E-state index contributed by atoms with van der Waals surface area (Å²) in [5.74, 6) is -0.00234. The van der Waals surface area contributed by atoms with Crippen LogP contribution >= 0.6 is 11.3 Å². The number of nitrogens with zero attached hydrogens (tertiary/aromatic N) is 3. The standard InChI is InChI=1S/C13H11N5OS/c14-11(19)10-12(18-8-2-1-5-16-18)17-13(20-10)9-3-6-15-7-4-9/h1-8,16H,(H2,14,19). The van der Waals surface area contributed by atoms with Crippen LogP contribution in [-0.2, 0) is 0 Å². The molecule has 3 rings (SSSR count). The number of carbonyl (C=O) groups excluding carboxylic acids is 1. The van der Waals surface area contributed by atoms with E-state index in [4.69, 9.17) is 5.73 Å². The van der Waals surface area contributed by atoms with Gasteiger partial charge < -0.3 is 11.2 Å². The number of anilines is 1. The zero-order valence-corrected chi connectivity index (χ0v) is 11.2. The quantitative estimate of drug-likeness (QED) is 0.896. The second-order valence-corrected chi connectivity index (χ2v) is 4.97. The summed E-state index contributed by atoms with van der Waals surface area (Å²) < 4.78 is 0. The topological polar surface area (TPSA) is 84.1 Å². The summed E-state index contributed by atoms with van der Waals surface area (Å²) in [5.41, 5.74) is 9.32. The fraction of sp³-hybridized carbons (Fsp3) is 0. The van der Waals surface area contributed by atoms with Crippen molar-refractivity contribution < 1.29 is 4.79 Å². The predicted octanol–water partition coefficient (Wildman–Crippen LogP) is 1.66. The Kier molecular flexibility index (Phi) is 3.18. The van der Waals surface area contributed by atoms with Gasteiger partial charge in [-0.2, -0.15) is 0 Å². The third-order valence-electron chi connectivity index (χ3n) is 2.64. The zero-order chi connectivity index (χ0) is 13.9. The van der Waals surface area contributed by atoms with E-state index in [1.165, 1.54) is 11.3 Å². The minimum absolute atomic E-state index is 0.407. The van der Waals surface area contributed by atoms with Gasteiger partial charge in [0.2, 0.25) is 0 Å². The monoisotopic (exact) mass is 285 g/mol. The van der Waals surface area contributed by atoms with E-state index in [0.29, 0.717) is 10.7 Å². The molecule has 100 valence electrons. The molecule has 0 saturated heterocycles. The molecular formula is C13H11N5OS. The first-order chi connectivity index (χ1) is 9.75. The Morgan fingerprint density at radius 1 is 1.30 bits per heavy atom. The Morgan fingerprint density at radius 2 is 2.10 bits per heavy atom. The molecule has 0 aliphatic carbocycles. The van der Waals surface area contributed by atoms with E-state index in [-0.39, 0.29) is 0 Å². The van der Waals surface area contributed by atoms with Gasteiger partial charge in [-0.25, -0.2) is 9.99 Å². The Labute approximate surface area is 119 Å². The second kappa shape index (κ2) is 5.14. The number of pyridine rings is 1. The summed E-state index contributed by atoms with van der Waals surface area (Å²) in [6.07, 6.45) is 10.6. The number of amides is 1. The smallest absolute Gasteiger partial charge is 0.262 e. The second-order valence-electron chi connectivity index (χ2n) is 3.97. The van der Waals surface area contributed by atoms with E-state index in [2.05, 4.69) is 15.4 Å². The highest BCUT2D eigenvalue weighted by molar-refractivity contribution is 7.17. The predicted molar refractivity (Wildman–Crippen MR) is 77.8 cm³/mol. The zero-order valence-electron chi connectivity index (χ0n) is 10.4. The summed E-state index contributed by atoms with van der Waals surface area (Å²) in [6, 6.07) is 3.68. The molecule has 0 fully saturated rings. The van der Waals surface area contributed by atoms with Gasteiger partial charge >= 0.3 is 0 Å². The molecule has 7 heteroatoms. The van der Waals surface area contributed by atoms with Crippen LogP contribution in [0.15, 0.2) is 49.1 Å². The summed E-state index contributed by atoms with van der Waals surface area (Å²) in [7, 11) is 0. The van der Waals surface area contributed by atoms with Gasteiger partial charge in [-0.1, -0.05) is 0 Å². The Balaban J connectivity index is 2.05. The van der Waals surface area contributed by atoms with Crippen LogP contribution in [0.1, 0.15) is 9.67 Å². The molecule has 0 atom stereocenters. The van der Waals surface area contributed by atoms with Crippen LogP contribution in [0.4, 0.5) is 5.82 Å². The van der Waals surface area contributed by atoms with Gasteiger partial charge in [-0.05, 0) is 24.3 Å². The first kappa shape index (κ1) is 12.4. The molecular weight excluding hydrogens is 274 g/mol. The normalized spacial score (nSPS) is 13.3. The number of hydrazine groups is 1. The summed E-state index contributed by atoms with van der Waals surface area (Å²) in [4.78, 5) is 20.5. The maximum atomic E-state index is 11.6. The highest BCUT2D eigenvalue weighted by Crippen LogP contribution is 2.32. The van der Waals surface area contributed by atoms with Crippen LogP contribution < -0.4 is 16.2 Å². The van der Waals surface area contributed by atoms with E-state index < -0.39 is 5.91 Å². The number of nitrogens with two attached hydrogens (primary N) is 1. The van der Waals surface area contributed by atoms with Gasteiger partial charge in [0.05, 0.1) is 0 Å². The number of hydrogen-bond acceptors (Lipinski definition) is 6. The number of allylic oxidation sites excluding steroid dienone is 2. The maximum Gasteiger partial charge on any atom is 0.262 e. The van der Waals surface area contributed by atoms with Gasteiger partial charge in [-0.3, -0.25) is 9.78 Å². The van der Waals surface area contributed by atoms with E-state index in [1.54, 1.807) is 29.8 Å². The number of carbonyl (C=O) groups is 1. The van der Waals surface area contributed by atoms with Gasteiger partial charge in [0, 0.05) is 30.4 Å². The van der Waals surface area contributed by atoms with Gasteiger partial charge in [0.1, 0.15) is 9.88 Å². The largest absolute Gasteiger partial charge is 0.365 e. The van der Waals surface area contributed by atoms with Crippen molar-refractivity contribution in [2.75, 3.05) is 5.01 Å². The number of aromatic nitrogens is 2. The molecule has 1 aliphatic heterocycles. The molecule has 0 aromatic carbocycles. The lowest BCUT2D eigenvalue weighted by molar-refractivity contribution is 0.100. The van der Waals surface area contributed by atoms with E-state index in [0.717, 1.165) is 10.6 Å². The minimum atomic E-state index is -0.498. The number of nitrogens with one attached hydrogen (secondary N) is 1. The van der Waals surface area contributed by atoms with E-state index in [1.807, 2.05) is 24.3 Å². The molecule has 6 nitrogen and oxygen atoms in total. The molecule has 0 bridgehead atoms. The summed E-state index contributed by atoms with van der Waals surface area (Å²) in [5, 5.41) is 2.38. The Bertz CT molecular complexity index is 692. The molecule has 3 heterocycles. The molecule has 0 spiro atoms. The molecule has 0 radical (unpaired) electrons. The molecule has 20 heavy (non-hydrogen) atoms. The molecule has 1 aliphatic rings. The first-order valence-corrected chi connectivity index (χ1v) is 6.67. The van der Waals surface area contributed by atoms with Crippen LogP contribution in [0.2, 0.25) is 0 Å². The maximum absolute atomic E-state index is 11.6. The van der Waals surface area contributed by atoms with Crippen molar-refractivity contribution in [3.63, 3.8) is 0 Å². The lowest BCUT2D eigenvalue weighted by Crippen LogP contribution is -2.32. The van der Waals surface area contributed by atoms with Crippen LogP contribution in [0.5, 0.6) is 0 Å². The number of primary amides is 1. The van der Waals surface area contributed by atoms with Gasteiger partial charge in [0.15, 0.2) is 5.82 Å². The Hall–Kier alpha value is -2.67. The third-order valence-corrected chi connectivity index (χ3v) is 3.75. The average molecular weight is 285 g/mol.